The highest BCUT2D eigenvalue weighted by molar-refractivity contribution is 6.23. The maximum absolute atomic E-state index is 13.3. The molecule has 35 heavy (non-hydrogen) atoms. The summed E-state index contributed by atoms with van der Waals surface area (Å²) >= 11 is 0. The molecule has 0 aliphatic carbocycles. The number of rotatable bonds is 7. The molecule has 1 heterocycles. The van der Waals surface area contributed by atoms with Crippen molar-refractivity contribution in [2.45, 2.75) is 6.42 Å². The summed E-state index contributed by atoms with van der Waals surface area (Å²) in [5.41, 5.74) is 4.33. The molecule has 0 saturated carbocycles. The van der Waals surface area contributed by atoms with Crippen molar-refractivity contribution in [1.29, 1.82) is 0 Å². The molecule has 0 fully saturated rings. The minimum Gasteiger partial charge on any atom is -0.497 e. The number of H-pyrrole nitrogens is 1. The van der Waals surface area contributed by atoms with Crippen LogP contribution in [0.4, 0.5) is 10.1 Å². The number of para-hydroxylation sites is 1. The normalized spacial score (nSPS) is 10.9. The predicted octanol–water partition coefficient (Wildman–Crippen LogP) is 4.03. The van der Waals surface area contributed by atoms with Crippen LogP contribution in [0, 0.1) is 5.82 Å². The van der Waals surface area contributed by atoms with Crippen molar-refractivity contribution >= 4 is 40.5 Å². The Bertz CT molecular complexity index is 1400. The fourth-order valence-electron chi connectivity index (χ4n) is 3.46. The molecule has 0 unspecified atom stereocenters. The number of nitrogens with zero attached hydrogens (tertiary/aromatic N) is 2. The Morgan fingerprint density at radius 3 is 2.46 bits per heavy atom. The lowest BCUT2D eigenvalue weighted by Gasteiger charge is -2.21. The van der Waals surface area contributed by atoms with Crippen LogP contribution in [0.5, 0.6) is 5.75 Å². The molecule has 8 nitrogen and oxygen atoms in total. The standard InChI is InChI=1S/C26H21FN4O4/c1-35-21-12-10-20(11-13-21)31(26(34)17-6-8-19(27)9-7-17)25(33)14-24(32)30-29-16-18-15-28-23-5-3-2-4-22(18)23/h2-13,15-16,28H,14H2,1H3,(H,30,32)/b29-16-. The molecule has 4 aromatic rings. The number of halogens is 1. The number of carbonyl (C=O) groups is 3. The van der Waals surface area contributed by atoms with Gasteiger partial charge < -0.3 is 9.72 Å². The van der Waals surface area contributed by atoms with Gasteiger partial charge in [-0.2, -0.15) is 5.10 Å². The van der Waals surface area contributed by atoms with E-state index < -0.39 is 30.0 Å². The predicted molar refractivity (Wildman–Crippen MR) is 130 cm³/mol. The molecule has 0 radical (unpaired) electrons. The van der Waals surface area contributed by atoms with Gasteiger partial charge in [-0.15, -0.1) is 0 Å². The lowest BCUT2D eigenvalue weighted by atomic mass is 10.1. The van der Waals surface area contributed by atoms with Crippen molar-refractivity contribution in [1.82, 2.24) is 10.4 Å². The summed E-state index contributed by atoms with van der Waals surface area (Å²) in [5, 5.41) is 4.85. The molecule has 2 N–H and O–H groups in total. The molecule has 0 aliphatic heterocycles. The smallest absolute Gasteiger partial charge is 0.265 e. The number of fused-ring (bicyclic) bond motifs is 1. The van der Waals surface area contributed by atoms with Gasteiger partial charge in [-0.3, -0.25) is 14.4 Å². The summed E-state index contributed by atoms with van der Waals surface area (Å²) in [4.78, 5) is 42.5. The molecule has 3 amide bonds. The van der Waals surface area contributed by atoms with Gasteiger partial charge in [0.2, 0.25) is 11.8 Å². The highest BCUT2D eigenvalue weighted by atomic mass is 19.1. The van der Waals surface area contributed by atoms with E-state index in [4.69, 9.17) is 4.74 Å². The third kappa shape index (κ3) is 5.41. The highest BCUT2D eigenvalue weighted by Crippen LogP contribution is 2.22. The lowest BCUT2D eigenvalue weighted by Crippen LogP contribution is -2.39. The van der Waals surface area contributed by atoms with Gasteiger partial charge >= 0.3 is 0 Å². The summed E-state index contributed by atoms with van der Waals surface area (Å²) in [6, 6.07) is 18.6. The Morgan fingerprint density at radius 2 is 1.74 bits per heavy atom. The van der Waals surface area contributed by atoms with Crippen LogP contribution >= 0.6 is 0 Å². The summed E-state index contributed by atoms with van der Waals surface area (Å²) < 4.78 is 18.4. The second kappa shape index (κ2) is 10.4. The molecular formula is C26H21FN4O4. The van der Waals surface area contributed by atoms with Gasteiger partial charge in [0.05, 0.1) is 19.0 Å². The topological polar surface area (TPSA) is 104 Å². The number of hydrogen-bond donors (Lipinski definition) is 2. The number of hydrazone groups is 1. The first-order chi connectivity index (χ1) is 17.0. The Labute approximate surface area is 200 Å². The molecule has 4 rings (SSSR count). The molecule has 176 valence electrons. The number of hydrogen-bond acceptors (Lipinski definition) is 5. The zero-order valence-electron chi connectivity index (χ0n) is 18.7. The van der Waals surface area contributed by atoms with Crippen molar-refractivity contribution in [2.24, 2.45) is 5.10 Å². The highest BCUT2D eigenvalue weighted by Gasteiger charge is 2.26. The number of ether oxygens (including phenoxy) is 1. The van der Waals surface area contributed by atoms with E-state index in [0.717, 1.165) is 33.5 Å². The molecule has 0 saturated heterocycles. The quantitative estimate of drug-likeness (QED) is 0.241. The molecule has 0 aliphatic rings. The van der Waals surface area contributed by atoms with Crippen LogP contribution in [0.25, 0.3) is 10.9 Å². The number of aromatic amines is 1. The minimum atomic E-state index is -0.774. The zero-order valence-corrected chi connectivity index (χ0v) is 18.7. The van der Waals surface area contributed by atoms with Crippen LogP contribution in [-0.2, 0) is 9.59 Å². The van der Waals surface area contributed by atoms with Gasteiger partial charge in [0.1, 0.15) is 18.0 Å². The van der Waals surface area contributed by atoms with Gasteiger partial charge in [0.25, 0.3) is 5.91 Å². The second-order valence-electron chi connectivity index (χ2n) is 7.50. The first-order valence-corrected chi connectivity index (χ1v) is 10.6. The molecule has 0 bridgehead atoms. The number of imide groups is 1. The van der Waals surface area contributed by atoms with Crippen LogP contribution in [0.15, 0.2) is 84.1 Å². The average molecular weight is 472 g/mol. The summed E-state index contributed by atoms with van der Waals surface area (Å²) in [5.74, 6) is -2.16. The summed E-state index contributed by atoms with van der Waals surface area (Å²) in [6.07, 6.45) is 2.58. The van der Waals surface area contributed by atoms with Gasteiger partial charge in [0.15, 0.2) is 0 Å². The van der Waals surface area contributed by atoms with Crippen molar-refractivity contribution < 1.29 is 23.5 Å². The molecule has 0 spiro atoms. The first-order valence-electron chi connectivity index (χ1n) is 10.6. The average Bonchev–Trinajstić information content (AvgIpc) is 3.28. The van der Waals surface area contributed by atoms with Gasteiger partial charge in [-0.05, 0) is 54.6 Å². The van der Waals surface area contributed by atoms with Crippen LogP contribution < -0.4 is 15.1 Å². The van der Waals surface area contributed by atoms with E-state index in [9.17, 15) is 18.8 Å². The van der Waals surface area contributed by atoms with E-state index in [0.29, 0.717) is 5.75 Å². The number of nitrogens with one attached hydrogen (secondary N) is 2. The van der Waals surface area contributed by atoms with Crippen LogP contribution in [0.2, 0.25) is 0 Å². The second-order valence-corrected chi connectivity index (χ2v) is 7.50. The van der Waals surface area contributed by atoms with E-state index in [2.05, 4.69) is 15.5 Å². The Balaban J connectivity index is 1.50. The maximum Gasteiger partial charge on any atom is 0.265 e. The Morgan fingerprint density at radius 1 is 1.03 bits per heavy atom. The number of carbonyl (C=O) groups excluding carboxylic acids is 3. The number of aromatic nitrogens is 1. The van der Waals surface area contributed by atoms with Crippen molar-refractivity contribution in [3.63, 3.8) is 0 Å². The molecule has 3 aromatic carbocycles. The van der Waals surface area contributed by atoms with E-state index in [-0.39, 0.29) is 11.3 Å². The lowest BCUT2D eigenvalue weighted by molar-refractivity contribution is -0.127. The third-order valence-electron chi connectivity index (χ3n) is 5.20. The van der Waals surface area contributed by atoms with E-state index >= 15 is 0 Å². The van der Waals surface area contributed by atoms with Crippen LogP contribution in [0.1, 0.15) is 22.3 Å². The van der Waals surface area contributed by atoms with Crippen LogP contribution in [0.3, 0.4) is 0 Å². The summed E-state index contributed by atoms with van der Waals surface area (Å²) in [6.45, 7) is 0. The van der Waals surface area contributed by atoms with Crippen molar-refractivity contribution in [3.05, 3.63) is 95.9 Å². The van der Waals surface area contributed by atoms with E-state index in [1.54, 1.807) is 18.3 Å². The SMILES string of the molecule is COc1ccc(N(C(=O)CC(=O)N/N=C\c2c[nH]c3ccccc23)C(=O)c2ccc(F)cc2)cc1. The minimum absolute atomic E-state index is 0.0910. The first kappa shape index (κ1) is 23.4. The monoisotopic (exact) mass is 472 g/mol. The zero-order chi connectivity index (χ0) is 24.8. The molecule has 1 aromatic heterocycles. The van der Waals surface area contributed by atoms with Crippen LogP contribution in [-0.4, -0.2) is 36.0 Å². The van der Waals surface area contributed by atoms with Crippen molar-refractivity contribution in [3.8, 4) is 5.75 Å². The third-order valence-corrected chi connectivity index (χ3v) is 5.20. The maximum atomic E-state index is 13.3. The fourth-order valence-corrected chi connectivity index (χ4v) is 3.46. The molecule has 9 heteroatoms. The fraction of sp³-hybridized carbons (Fsp3) is 0.0769. The number of amides is 3. The Kier molecular flexibility index (Phi) is 6.96. The van der Waals surface area contributed by atoms with Crippen molar-refractivity contribution in [2.75, 3.05) is 12.0 Å². The van der Waals surface area contributed by atoms with Gasteiger partial charge in [-0.1, -0.05) is 18.2 Å². The number of methoxy groups -OCH3 is 1. The Hall–Kier alpha value is -4.79. The van der Waals surface area contributed by atoms with E-state index in [1.165, 1.54) is 37.6 Å². The van der Waals surface area contributed by atoms with Gasteiger partial charge in [-0.25, -0.2) is 14.7 Å². The molecular weight excluding hydrogens is 451 g/mol. The summed E-state index contributed by atoms with van der Waals surface area (Å²) in [7, 11) is 1.49. The molecule has 0 atom stereocenters. The number of anilines is 1. The largest absolute Gasteiger partial charge is 0.497 e. The van der Waals surface area contributed by atoms with E-state index in [1.807, 2.05) is 24.3 Å². The van der Waals surface area contributed by atoms with Gasteiger partial charge in [0, 0.05) is 28.2 Å². The number of benzene rings is 3.